The zero-order valence-corrected chi connectivity index (χ0v) is 11.6. The zero-order chi connectivity index (χ0) is 12.8. The van der Waals surface area contributed by atoms with E-state index >= 15 is 0 Å². The second-order valence-electron chi connectivity index (χ2n) is 5.39. The number of methoxy groups -OCH3 is 1. The topological polar surface area (TPSA) is 44.7 Å². The standard InChI is InChI=1S/C12H28N2O2/c1-10(7-12(2,3)16-6)13-8-11(15)9-14(4)5/h10-11,13,15H,7-9H2,1-6H3. The van der Waals surface area contributed by atoms with Crippen LogP contribution in [0.4, 0.5) is 0 Å². The summed E-state index contributed by atoms with van der Waals surface area (Å²) >= 11 is 0. The summed E-state index contributed by atoms with van der Waals surface area (Å²) in [7, 11) is 5.65. The molecule has 0 aliphatic rings. The molecule has 4 nitrogen and oxygen atoms in total. The number of hydrogen-bond donors (Lipinski definition) is 2. The van der Waals surface area contributed by atoms with Gasteiger partial charge in [0.1, 0.15) is 0 Å². The van der Waals surface area contributed by atoms with Crippen LogP contribution in [-0.4, -0.2) is 62.0 Å². The molecule has 0 amide bonds. The molecule has 4 heteroatoms. The van der Waals surface area contributed by atoms with Gasteiger partial charge in [0, 0.05) is 26.2 Å². The maximum absolute atomic E-state index is 9.69. The van der Waals surface area contributed by atoms with Crippen LogP contribution in [0.1, 0.15) is 27.2 Å². The molecule has 2 N–H and O–H groups in total. The van der Waals surface area contributed by atoms with Crippen LogP contribution in [0.25, 0.3) is 0 Å². The summed E-state index contributed by atoms with van der Waals surface area (Å²) < 4.78 is 5.37. The number of hydrogen-bond acceptors (Lipinski definition) is 4. The molecule has 0 fully saturated rings. The number of likely N-dealkylation sites (N-methyl/N-ethyl adjacent to an activating group) is 1. The largest absolute Gasteiger partial charge is 0.390 e. The SMILES string of the molecule is COC(C)(C)CC(C)NCC(O)CN(C)C. The maximum Gasteiger partial charge on any atom is 0.0791 e. The van der Waals surface area contributed by atoms with Crippen LogP contribution in [0.2, 0.25) is 0 Å². The van der Waals surface area contributed by atoms with Crippen LogP contribution in [0.5, 0.6) is 0 Å². The van der Waals surface area contributed by atoms with E-state index in [-0.39, 0.29) is 11.7 Å². The first kappa shape index (κ1) is 15.8. The van der Waals surface area contributed by atoms with Crippen molar-refractivity contribution in [3.05, 3.63) is 0 Å². The van der Waals surface area contributed by atoms with Crippen LogP contribution < -0.4 is 5.32 Å². The summed E-state index contributed by atoms with van der Waals surface area (Å²) in [4.78, 5) is 1.98. The summed E-state index contributed by atoms with van der Waals surface area (Å²) in [5, 5.41) is 13.0. The van der Waals surface area contributed by atoms with Crippen molar-refractivity contribution in [1.82, 2.24) is 10.2 Å². The van der Waals surface area contributed by atoms with Crippen molar-refractivity contribution in [3.8, 4) is 0 Å². The third kappa shape index (κ3) is 8.05. The van der Waals surface area contributed by atoms with Crippen LogP contribution in [-0.2, 0) is 4.74 Å². The Balaban J connectivity index is 3.76. The van der Waals surface area contributed by atoms with E-state index in [1.54, 1.807) is 7.11 Å². The van der Waals surface area contributed by atoms with Gasteiger partial charge in [0.05, 0.1) is 11.7 Å². The summed E-state index contributed by atoms with van der Waals surface area (Å²) in [6.07, 6.45) is 0.612. The summed E-state index contributed by atoms with van der Waals surface area (Å²) in [5.41, 5.74) is -0.112. The highest BCUT2D eigenvalue weighted by Gasteiger charge is 2.20. The zero-order valence-electron chi connectivity index (χ0n) is 11.6. The number of aliphatic hydroxyl groups is 1. The molecule has 0 radical (unpaired) electrons. The van der Waals surface area contributed by atoms with Crippen LogP contribution in [0, 0.1) is 0 Å². The second-order valence-corrected chi connectivity index (χ2v) is 5.39. The molecule has 0 heterocycles. The summed E-state index contributed by atoms with van der Waals surface area (Å²) in [6, 6.07) is 0.340. The number of aliphatic hydroxyl groups excluding tert-OH is 1. The van der Waals surface area contributed by atoms with E-state index in [1.807, 2.05) is 19.0 Å². The molecule has 0 rings (SSSR count). The van der Waals surface area contributed by atoms with E-state index in [0.717, 1.165) is 6.42 Å². The van der Waals surface area contributed by atoms with Crippen LogP contribution >= 0.6 is 0 Å². The molecule has 0 aliphatic heterocycles. The summed E-state index contributed by atoms with van der Waals surface area (Å²) in [5.74, 6) is 0. The van der Waals surface area contributed by atoms with Gasteiger partial charge in [0.25, 0.3) is 0 Å². The maximum atomic E-state index is 9.69. The Labute approximate surface area is 100.0 Å². The minimum absolute atomic E-state index is 0.112. The molecule has 0 spiro atoms. The average Bonchev–Trinajstić information content (AvgIpc) is 2.13. The number of rotatable bonds is 8. The number of nitrogens with one attached hydrogen (secondary N) is 1. The molecule has 2 unspecified atom stereocenters. The van der Waals surface area contributed by atoms with Crippen molar-refractivity contribution in [3.63, 3.8) is 0 Å². The van der Waals surface area contributed by atoms with Gasteiger partial charge in [-0.25, -0.2) is 0 Å². The fourth-order valence-corrected chi connectivity index (χ4v) is 1.72. The predicted octanol–water partition coefficient (Wildman–Crippen LogP) is 0.702. The third-order valence-corrected chi connectivity index (χ3v) is 2.63. The Hall–Kier alpha value is -0.160. The first-order valence-electron chi connectivity index (χ1n) is 5.88. The summed E-state index contributed by atoms with van der Waals surface area (Å²) in [6.45, 7) is 7.57. The third-order valence-electron chi connectivity index (χ3n) is 2.63. The van der Waals surface area contributed by atoms with Crippen molar-refractivity contribution in [2.24, 2.45) is 0 Å². The van der Waals surface area contributed by atoms with E-state index in [0.29, 0.717) is 19.1 Å². The van der Waals surface area contributed by atoms with Gasteiger partial charge in [-0.3, -0.25) is 0 Å². The smallest absolute Gasteiger partial charge is 0.0791 e. The van der Waals surface area contributed by atoms with Crippen molar-refractivity contribution in [2.75, 3.05) is 34.3 Å². The van der Waals surface area contributed by atoms with Gasteiger partial charge in [0.2, 0.25) is 0 Å². The highest BCUT2D eigenvalue weighted by molar-refractivity contribution is 4.76. The van der Waals surface area contributed by atoms with Crippen molar-refractivity contribution < 1.29 is 9.84 Å². The van der Waals surface area contributed by atoms with E-state index in [4.69, 9.17) is 4.74 Å². The Kier molecular flexibility index (Phi) is 7.15. The average molecular weight is 232 g/mol. The highest BCUT2D eigenvalue weighted by Crippen LogP contribution is 2.15. The fraction of sp³-hybridized carbons (Fsp3) is 1.00. The monoisotopic (exact) mass is 232 g/mol. The lowest BCUT2D eigenvalue weighted by molar-refractivity contribution is 0.00731. The fourth-order valence-electron chi connectivity index (χ4n) is 1.72. The van der Waals surface area contributed by atoms with Gasteiger partial charge >= 0.3 is 0 Å². The van der Waals surface area contributed by atoms with Gasteiger partial charge in [-0.2, -0.15) is 0 Å². The van der Waals surface area contributed by atoms with Crippen molar-refractivity contribution in [1.29, 1.82) is 0 Å². The molecule has 0 bridgehead atoms. The van der Waals surface area contributed by atoms with E-state index in [2.05, 4.69) is 26.1 Å². The van der Waals surface area contributed by atoms with Crippen molar-refractivity contribution >= 4 is 0 Å². The minimum atomic E-state index is -0.317. The first-order valence-corrected chi connectivity index (χ1v) is 5.88. The van der Waals surface area contributed by atoms with E-state index in [9.17, 15) is 5.11 Å². The molecule has 2 atom stereocenters. The molecule has 98 valence electrons. The van der Waals surface area contributed by atoms with Crippen LogP contribution in [0.3, 0.4) is 0 Å². The number of nitrogens with zero attached hydrogens (tertiary/aromatic N) is 1. The molecule has 0 aromatic rings. The Morgan fingerprint density at radius 1 is 1.38 bits per heavy atom. The molecular formula is C12H28N2O2. The van der Waals surface area contributed by atoms with Gasteiger partial charge in [-0.05, 0) is 41.3 Å². The molecule has 0 aliphatic carbocycles. The van der Waals surface area contributed by atoms with Crippen molar-refractivity contribution in [2.45, 2.75) is 44.9 Å². The lowest BCUT2D eigenvalue weighted by Gasteiger charge is -2.28. The minimum Gasteiger partial charge on any atom is -0.390 e. The van der Waals surface area contributed by atoms with Gasteiger partial charge < -0.3 is 20.1 Å². The van der Waals surface area contributed by atoms with Gasteiger partial charge in [-0.15, -0.1) is 0 Å². The first-order chi connectivity index (χ1) is 7.26. The van der Waals surface area contributed by atoms with Crippen LogP contribution in [0.15, 0.2) is 0 Å². The Morgan fingerprint density at radius 2 is 1.94 bits per heavy atom. The second kappa shape index (κ2) is 7.22. The van der Waals surface area contributed by atoms with E-state index < -0.39 is 0 Å². The molecule has 0 aromatic heterocycles. The normalized spacial score (nSPS) is 16.5. The molecule has 0 aromatic carbocycles. The number of ether oxygens (including phenoxy) is 1. The Morgan fingerprint density at radius 3 is 2.38 bits per heavy atom. The molecule has 0 saturated heterocycles. The van der Waals surface area contributed by atoms with E-state index in [1.165, 1.54) is 0 Å². The Bertz CT molecular complexity index is 184. The molecular weight excluding hydrogens is 204 g/mol. The van der Waals surface area contributed by atoms with Gasteiger partial charge in [0.15, 0.2) is 0 Å². The lowest BCUT2D eigenvalue weighted by Crippen LogP contribution is -2.41. The molecule has 0 saturated carbocycles. The predicted molar refractivity (Wildman–Crippen MR) is 67.7 cm³/mol. The lowest BCUT2D eigenvalue weighted by atomic mass is 10.00. The quantitative estimate of drug-likeness (QED) is 0.647. The van der Waals surface area contributed by atoms with Gasteiger partial charge in [-0.1, -0.05) is 0 Å². The highest BCUT2D eigenvalue weighted by atomic mass is 16.5. The molecule has 16 heavy (non-hydrogen) atoms.